The fraction of sp³-hybridized carbons (Fsp3) is 0.625. The standard InChI is InChI=1S/C24H33NO6/c1-16(2)14-31-24(29)25-13-20(26)12-21(25)23(28)30-15-22(27)19-10-8-18(9-11-19)17-6-4-3-5-7-17/h8-11,16-17,20-21,26H,3-7,12-15H2,1-2H3. The molecule has 0 radical (unpaired) electrons. The summed E-state index contributed by atoms with van der Waals surface area (Å²) in [5, 5.41) is 9.91. The molecule has 1 amide bonds. The lowest BCUT2D eigenvalue weighted by Crippen LogP contribution is -2.42. The van der Waals surface area contributed by atoms with Gasteiger partial charge in [-0.3, -0.25) is 9.69 Å². The maximum Gasteiger partial charge on any atom is 0.410 e. The zero-order valence-electron chi connectivity index (χ0n) is 18.4. The van der Waals surface area contributed by atoms with Gasteiger partial charge in [0.2, 0.25) is 0 Å². The Bertz CT molecular complexity index is 769. The fourth-order valence-electron chi connectivity index (χ4n) is 4.25. The first-order chi connectivity index (χ1) is 14.8. The first-order valence-electron chi connectivity index (χ1n) is 11.3. The van der Waals surface area contributed by atoms with Crippen LogP contribution in [0.1, 0.15) is 74.2 Å². The minimum absolute atomic E-state index is 0.00721. The Balaban J connectivity index is 1.52. The van der Waals surface area contributed by atoms with E-state index in [-0.39, 0.29) is 31.3 Å². The monoisotopic (exact) mass is 431 g/mol. The zero-order valence-corrected chi connectivity index (χ0v) is 18.4. The molecule has 7 nitrogen and oxygen atoms in total. The van der Waals surface area contributed by atoms with E-state index in [0.717, 1.165) is 0 Å². The molecule has 0 bridgehead atoms. The molecule has 7 heteroatoms. The number of aliphatic hydroxyl groups excluding tert-OH is 1. The molecule has 170 valence electrons. The number of carbonyl (C=O) groups is 3. The molecule has 0 spiro atoms. The summed E-state index contributed by atoms with van der Waals surface area (Å²) in [7, 11) is 0. The number of ketones is 1. The molecule has 2 atom stereocenters. The quantitative estimate of drug-likeness (QED) is 0.523. The van der Waals surface area contributed by atoms with Crippen LogP contribution in [0.2, 0.25) is 0 Å². The number of aliphatic hydroxyl groups is 1. The highest BCUT2D eigenvalue weighted by Gasteiger charge is 2.41. The summed E-state index contributed by atoms with van der Waals surface area (Å²) < 4.78 is 10.4. The highest BCUT2D eigenvalue weighted by molar-refractivity contribution is 5.98. The van der Waals surface area contributed by atoms with Crippen molar-refractivity contribution < 1.29 is 29.0 Å². The second kappa shape index (κ2) is 10.8. The van der Waals surface area contributed by atoms with Crippen molar-refractivity contribution in [3.8, 4) is 0 Å². The summed E-state index contributed by atoms with van der Waals surface area (Å²) in [4.78, 5) is 38.4. The van der Waals surface area contributed by atoms with Gasteiger partial charge in [0.15, 0.2) is 12.4 Å². The van der Waals surface area contributed by atoms with E-state index in [0.29, 0.717) is 11.5 Å². The lowest BCUT2D eigenvalue weighted by atomic mass is 9.84. The van der Waals surface area contributed by atoms with Gasteiger partial charge in [-0.25, -0.2) is 9.59 Å². The minimum Gasteiger partial charge on any atom is -0.456 e. The number of benzene rings is 1. The van der Waals surface area contributed by atoms with Gasteiger partial charge in [-0.2, -0.15) is 0 Å². The first-order valence-corrected chi connectivity index (χ1v) is 11.3. The van der Waals surface area contributed by atoms with Crippen molar-refractivity contribution in [2.24, 2.45) is 5.92 Å². The Morgan fingerprint density at radius 3 is 2.39 bits per heavy atom. The number of hydrogen-bond donors (Lipinski definition) is 1. The fourth-order valence-corrected chi connectivity index (χ4v) is 4.25. The summed E-state index contributed by atoms with van der Waals surface area (Å²) in [5.74, 6) is -0.281. The topological polar surface area (TPSA) is 93.1 Å². The van der Waals surface area contributed by atoms with E-state index in [1.807, 2.05) is 26.0 Å². The molecule has 2 unspecified atom stereocenters. The lowest BCUT2D eigenvalue weighted by Gasteiger charge is -2.23. The molecule has 1 aromatic rings. The van der Waals surface area contributed by atoms with Gasteiger partial charge in [0, 0.05) is 12.0 Å². The van der Waals surface area contributed by atoms with Crippen LogP contribution in [-0.4, -0.2) is 59.8 Å². The molecular formula is C24H33NO6. The van der Waals surface area contributed by atoms with Crippen molar-refractivity contribution in [3.63, 3.8) is 0 Å². The van der Waals surface area contributed by atoms with Crippen LogP contribution in [0.4, 0.5) is 4.79 Å². The average Bonchev–Trinajstić information content (AvgIpc) is 3.18. The van der Waals surface area contributed by atoms with Crippen LogP contribution < -0.4 is 0 Å². The molecule has 3 rings (SSSR count). The molecule has 1 aliphatic carbocycles. The van der Waals surface area contributed by atoms with Gasteiger partial charge in [-0.1, -0.05) is 57.4 Å². The molecule has 1 N–H and O–H groups in total. The first kappa shape index (κ1) is 23.3. The van der Waals surface area contributed by atoms with E-state index < -0.39 is 30.8 Å². The Hall–Kier alpha value is -2.41. The number of likely N-dealkylation sites (tertiary alicyclic amines) is 1. The van der Waals surface area contributed by atoms with Gasteiger partial charge in [-0.05, 0) is 30.2 Å². The highest BCUT2D eigenvalue weighted by Crippen LogP contribution is 2.32. The number of carbonyl (C=O) groups excluding carboxylic acids is 3. The maximum atomic E-state index is 12.5. The molecule has 2 fully saturated rings. The van der Waals surface area contributed by atoms with E-state index in [1.165, 1.54) is 42.6 Å². The van der Waals surface area contributed by atoms with Crippen molar-refractivity contribution >= 4 is 17.8 Å². The van der Waals surface area contributed by atoms with E-state index in [9.17, 15) is 19.5 Å². The summed E-state index contributed by atoms with van der Waals surface area (Å²) in [6.45, 7) is 3.65. The molecule has 1 saturated carbocycles. The van der Waals surface area contributed by atoms with Gasteiger partial charge in [-0.15, -0.1) is 0 Å². The van der Waals surface area contributed by atoms with Crippen LogP contribution >= 0.6 is 0 Å². The predicted molar refractivity (Wildman–Crippen MR) is 115 cm³/mol. The number of hydrogen-bond acceptors (Lipinski definition) is 6. The third-order valence-corrected chi connectivity index (χ3v) is 5.98. The summed E-state index contributed by atoms with van der Waals surface area (Å²) in [6, 6.07) is 6.61. The average molecular weight is 432 g/mol. The Kier molecular flexibility index (Phi) is 8.07. The molecule has 1 saturated heterocycles. The number of ether oxygens (including phenoxy) is 2. The molecule has 1 heterocycles. The molecular weight excluding hydrogens is 398 g/mol. The van der Waals surface area contributed by atoms with E-state index in [4.69, 9.17) is 9.47 Å². The summed E-state index contributed by atoms with van der Waals surface area (Å²) in [5.41, 5.74) is 1.75. The molecule has 1 aromatic carbocycles. The van der Waals surface area contributed by atoms with E-state index in [1.54, 1.807) is 12.1 Å². The number of β-amino-alcohol motifs (C(OH)–C–C–N with tert-alkyl or cyclic N) is 1. The van der Waals surface area contributed by atoms with E-state index in [2.05, 4.69) is 0 Å². The predicted octanol–water partition coefficient (Wildman–Crippen LogP) is 3.69. The van der Waals surface area contributed by atoms with Crippen molar-refractivity contribution in [1.29, 1.82) is 0 Å². The molecule has 1 aliphatic heterocycles. The number of nitrogens with zero attached hydrogens (tertiary/aromatic N) is 1. The highest BCUT2D eigenvalue weighted by atomic mass is 16.6. The normalized spacial score (nSPS) is 21.9. The van der Waals surface area contributed by atoms with Gasteiger partial charge in [0.05, 0.1) is 19.3 Å². The zero-order chi connectivity index (χ0) is 22.4. The van der Waals surface area contributed by atoms with Gasteiger partial charge < -0.3 is 14.6 Å². The third-order valence-electron chi connectivity index (χ3n) is 5.98. The SMILES string of the molecule is CC(C)COC(=O)N1CC(O)CC1C(=O)OCC(=O)c1ccc(C2CCCCC2)cc1. The number of amides is 1. The van der Waals surface area contributed by atoms with Crippen molar-refractivity contribution in [2.75, 3.05) is 19.8 Å². The lowest BCUT2D eigenvalue weighted by molar-refractivity contribution is -0.147. The maximum absolute atomic E-state index is 12.5. The number of Topliss-reactive ketones (excluding diaryl/α,β-unsaturated/α-hetero) is 1. The number of rotatable bonds is 7. The van der Waals surface area contributed by atoms with Crippen molar-refractivity contribution in [2.45, 2.75) is 70.4 Å². The van der Waals surface area contributed by atoms with Gasteiger partial charge >= 0.3 is 12.1 Å². The molecule has 0 aromatic heterocycles. The molecule has 31 heavy (non-hydrogen) atoms. The summed E-state index contributed by atoms with van der Waals surface area (Å²) >= 11 is 0. The second-order valence-corrected chi connectivity index (χ2v) is 9.02. The van der Waals surface area contributed by atoms with Crippen LogP contribution in [-0.2, 0) is 14.3 Å². The van der Waals surface area contributed by atoms with Crippen LogP contribution in [0, 0.1) is 5.92 Å². The van der Waals surface area contributed by atoms with Crippen LogP contribution in [0.3, 0.4) is 0 Å². The largest absolute Gasteiger partial charge is 0.456 e. The van der Waals surface area contributed by atoms with Gasteiger partial charge in [0.25, 0.3) is 0 Å². The Morgan fingerprint density at radius 1 is 1.06 bits per heavy atom. The van der Waals surface area contributed by atoms with Gasteiger partial charge in [0.1, 0.15) is 6.04 Å². The Labute approximate surface area is 183 Å². The smallest absolute Gasteiger partial charge is 0.410 e. The van der Waals surface area contributed by atoms with Crippen molar-refractivity contribution in [1.82, 2.24) is 4.90 Å². The van der Waals surface area contributed by atoms with Crippen molar-refractivity contribution in [3.05, 3.63) is 35.4 Å². The van der Waals surface area contributed by atoms with Crippen LogP contribution in [0.5, 0.6) is 0 Å². The summed E-state index contributed by atoms with van der Waals surface area (Å²) in [6.07, 6.45) is 4.76. The van der Waals surface area contributed by atoms with Crippen LogP contribution in [0.15, 0.2) is 24.3 Å². The molecule has 2 aliphatic rings. The van der Waals surface area contributed by atoms with E-state index >= 15 is 0 Å². The minimum atomic E-state index is -0.948. The van der Waals surface area contributed by atoms with Crippen LogP contribution in [0.25, 0.3) is 0 Å². The number of esters is 1. The second-order valence-electron chi connectivity index (χ2n) is 9.02. The Morgan fingerprint density at radius 2 is 1.74 bits per heavy atom. The third kappa shape index (κ3) is 6.29.